The smallest absolute Gasteiger partial charge is 0.237 e. The second-order valence-corrected chi connectivity index (χ2v) is 9.24. The summed E-state index contributed by atoms with van der Waals surface area (Å²) in [5.74, 6) is 1.03. The zero-order valence-corrected chi connectivity index (χ0v) is 19.4. The van der Waals surface area contributed by atoms with E-state index in [-0.39, 0.29) is 11.8 Å². The summed E-state index contributed by atoms with van der Waals surface area (Å²) in [6.07, 6.45) is 4.86. The van der Waals surface area contributed by atoms with Gasteiger partial charge >= 0.3 is 0 Å². The first-order valence-electron chi connectivity index (χ1n) is 11.5. The van der Waals surface area contributed by atoms with Gasteiger partial charge in [-0.1, -0.05) is 31.9 Å². The van der Waals surface area contributed by atoms with E-state index in [1.807, 2.05) is 36.9 Å². The van der Waals surface area contributed by atoms with E-state index in [2.05, 4.69) is 35.4 Å². The molecule has 0 atom stereocenters. The van der Waals surface area contributed by atoms with Crippen LogP contribution in [0.15, 0.2) is 36.4 Å². The van der Waals surface area contributed by atoms with E-state index >= 15 is 0 Å². The molecule has 2 aromatic carbocycles. The molecule has 0 aliphatic carbocycles. The fourth-order valence-electron chi connectivity index (χ4n) is 4.52. The van der Waals surface area contributed by atoms with E-state index in [1.54, 1.807) is 0 Å². The van der Waals surface area contributed by atoms with Crippen LogP contribution in [0.25, 0.3) is 11.0 Å². The Balaban J connectivity index is 1.55. The number of hydrogen-bond acceptors (Lipinski definition) is 3. The minimum Gasteiger partial charge on any atom is -0.342 e. The molecule has 3 aromatic rings. The van der Waals surface area contributed by atoms with Crippen LogP contribution < -0.4 is 10.2 Å². The van der Waals surface area contributed by atoms with Crippen LogP contribution in [-0.4, -0.2) is 28.3 Å². The topological polar surface area (TPSA) is 78.1 Å². The molecule has 1 aromatic heterocycles. The highest BCUT2D eigenvalue weighted by molar-refractivity contribution is 6.09. The molecule has 168 valence electrons. The zero-order chi connectivity index (χ0) is 22.9. The Morgan fingerprint density at radius 1 is 1.16 bits per heavy atom. The van der Waals surface area contributed by atoms with E-state index in [1.165, 1.54) is 6.92 Å². The van der Waals surface area contributed by atoms with E-state index in [9.17, 15) is 9.59 Å². The van der Waals surface area contributed by atoms with Crippen LogP contribution in [-0.2, 0) is 27.8 Å². The number of rotatable bonds is 8. The van der Waals surface area contributed by atoms with Gasteiger partial charge in [0.2, 0.25) is 11.8 Å². The number of carbonyl (C=O) groups excluding carboxylic acids is 2. The van der Waals surface area contributed by atoms with Crippen molar-refractivity contribution >= 4 is 34.2 Å². The minimum atomic E-state index is -0.523. The number of nitrogens with zero attached hydrogens (tertiary/aromatic N) is 2. The van der Waals surface area contributed by atoms with Crippen molar-refractivity contribution in [1.29, 1.82) is 0 Å². The largest absolute Gasteiger partial charge is 0.342 e. The first-order valence-corrected chi connectivity index (χ1v) is 11.5. The lowest BCUT2D eigenvalue weighted by Gasteiger charge is -2.20. The number of H-pyrrole nitrogens is 1. The summed E-state index contributed by atoms with van der Waals surface area (Å²) in [5.41, 5.74) is 5.39. The second-order valence-electron chi connectivity index (χ2n) is 9.24. The van der Waals surface area contributed by atoms with Gasteiger partial charge in [-0.2, -0.15) is 0 Å². The van der Waals surface area contributed by atoms with Crippen molar-refractivity contribution in [3.05, 3.63) is 53.3 Å². The number of fused-ring (bicyclic) bond motifs is 2. The molecule has 6 heteroatoms. The van der Waals surface area contributed by atoms with Crippen molar-refractivity contribution < 1.29 is 9.59 Å². The van der Waals surface area contributed by atoms with Crippen LogP contribution >= 0.6 is 0 Å². The summed E-state index contributed by atoms with van der Waals surface area (Å²) in [6, 6.07) is 12.1. The number of imidazole rings is 1. The van der Waals surface area contributed by atoms with Gasteiger partial charge in [0.1, 0.15) is 5.82 Å². The Morgan fingerprint density at radius 2 is 1.97 bits per heavy atom. The van der Waals surface area contributed by atoms with Gasteiger partial charge in [-0.05, 0) is 62.1 Å². The predicted octanol–water partition coefficient (Wildman–Crippen LogP) is 5.12. The van der Waals surface area contributed by atoms with Crippen molar-refractivity contribution in [2.45, 2.75) is 65.2 Å². The number of carbonyl (C=O) groups is 2. The summed E-state index contributed by atoms with van der Waals surface area (Å²) in [7, 11) is 0. The van der Waals surface area contributed by atoms with Crippen LogP contribution in [0.4, 0.5) is 11.4 Å². The number of nitrogens with one attached hydrogen (secondary N) is 2. The zero-order valence-electron chi connectivity index (χ0n) is 19.4. The maximum Gasteiger partial charge on any atom is 0.237 e. The van der Waals surface area contributed by atoms with Crippen LogP contribution in [0.3, 0.4) is 0 Å². The molecule has 0 saturated carbocycles. The Labute approximate surface area is 189 Å². The van der Waals surface area contributed by atoms with Gasteiger partial charge in [0.25, 0.3) is 0 Å². The molecule has 6 nitrogen and oxygen atoms in total. The SMILES string of the molecule is CCCCCN1C(=O)C(C)(C)c2cc3[nH]c(CCc4cccc(NC(C)=O)c4)nc3cc21. The summed E-state index contributed by atoms with van der Waals surface area (Å²) in [6.45, 7) is 8.47. The molecule has 32 heavy (non-hydrogen) atoms. The average Bonchev–Trinajstić information content (AvgIpc) is 3.22. The lowest BCUT2D eigenvalue weighted by atomic mass is 9.86. The molecule has 1 aliphatic rings. The van der Waals surface area contributed by atoms with Gasteiger partial charge in [0.15, 0.2) is 0 Å². The molecule has 4 rings (SSSR count). The Morgan fingerprint density at radius 3 is 2.72 bits per heavy atom. The monoisotopic (exact) mass is 432 g/mol. The molecule has 2 heterocycles. The van der Waals surface area contributed by atoms with E-state index < -0.39 is 5.41 Å². The van der Waals surface area contributed by atoms with Crippen LogP contribution in [0.5, 0.6) is 0 Å². The molecule has 2 amide bonds. The fourth-order valence-corrected chi connectivity index (χ4v) is 4.52. The number of aromatic nitrogens is 2. The number of aromatic amines is 1. The first-order chi connectivity index (χ1) is 15.3. The third kappa shape index (κ3) is 4.27. The number of hydrogen-bond donors (Lipinski definition) is 2. The standard InChI is InChI=1S/C26H32N4O2/c1-5-6-7-13-30-23-16-22-21(15-20(23)26(3,4)25(30)32)28-24(29-22)12-11-18-9-8-10-19(14-18)27-17(2)31/h8-10,14-16H,5-7,11-13H2,1-4H3,(H,27,31)(H,28,29). The predicted molar refractivity (Wildman–Crippen MR) is 129 cm³/mol. The van der Waals surface area contributed by atoms with Gasteiger partial charge in [-0.15, -0.1) is 0 Å². The van der Waals surface area contributed by atoms with Gasteiger partial charge in [-0.3, -0.25) is 9.59 Å². The maximum atomic E-state index is 13.1. The number of benzene rings is 2. The molecule has 1 aliphatic heterocycles. The third-order valence-corrected chi connectivity index (χ3v) is 6.28. The Kier molecular flexibility index (Phi) is 6.04. The number of amides is 2. The normalized spacial score (nSPS) is 14.8. The van der Waals surface area contributed by atoms with Gasteiger partial charge < -0.3 is 15.2 Å². The fraction of sp³-hybridized carbons (Fsp3) is 0.423. The first kappa shape index (κ1) is 22.1. The minimum absolute atomic E-state index is 0.0716. The molecule has 0 radical (unpaired) electrons. The maximum absolute atomic E-state index is 13.1. The highest BCUT2D eigenvalue weighted by Crippen LogP contribution is 2.43. The van der Waals surface area contributed by atoms with Crippen molar-refractivity contribution in [2.24, 2.45) is 0 Å². The second kappa shape index (κ2) is 8.77. The quantitative estimate of drug-likeness (QED) is 0.485. The van der Waals surface area contributed by atoms with E-state index in [0.29, 0.717) is 0 Å². The lowest BCUT2D eigenvalue weighted by molar-refractivity contribution is -0.122. The molecule has 2 N–H and O–H groups in total. The lowest BCUT2D eigenvalue weighted by Crippen LogP contribution is -2.36. The van der Waals surface area contributed by atoms with Crippen molar-refractivity contribution in [3.8, 4) is 0 Å². The molecule has 0 fully saturated rings. The molecule has 0 spiro atoms. The highest BCUT2D eigenvalue weighted by Gasteiger charge is 2.43. The van der Waals surface area contributed by atoms with Crippen LogP contribution in [0, 0.1) is 0 Å². The van der Waals surface area contributed by atoms with Crippen LogP contribution in [0.2, 0.25) is 0 Å². The summed E-state index contributed by atoms with van der Waals surface area (Å²) < 4.78 is 0. The van der Waals surface area contributed by atoms with Crippen molar-refractivity contribution in [2.75, 3.05) is 16.8 Å². The highest BCUT2D eigenvalue weighted by atomic mass is 16.2. The van der Waals surface area contributed by atoms with Gasteiger partial charge in [0, 0.05) is 25.6 Å². The summed E-state index contributed by atoms with van der Waals surface area (Å²) in [5, 5.41) is 2.83. The van der Waals surface area contributed by atoms with Crippen molar-refractivity contribution in [1.82, 2.24) is 9.97 Å². The third-order valence-electron chi connectivity index (χ3n) is 6.28. The van der Waals surface area contributed by atoms with Crippen LogP contribution in [0.1, 0.15) is 63.9 Å². The van der Waals surface area contributed by atoms with Gasteiger partial charge in [0.05, 0.1) is 22.1 Å². The number of anilines is 2. The molecule has 0 unspecified atom stereocenters. The van der Waals surface area contributed by atoms with Crippen molar-refractivity contribution in [3.63, 3.8) is 0 Å². The van der Waals surface area contributed by atoms with E-state index in [0.717, 1.165) is 78.0 Å². The Hall–Kier alpha value is -3.15. The number of aryl methyl sites for hydroxylation is 2. The molecular formula is C26H32N4O2. The number of unbranched alkanes of at least 4 members (excludes halogenated alkanes) is 2. The molecule has 0 saturated heterocycles. The van der Waals surface area contributed by atoms with Gasteiger partial charge in [-0.25, -0.2) is 4.98 Å². The van der Waals surface area contributed by atoms with E-state index in [4.69, 9.17) is 4.98 Å². The summed E-state index contributed by atoms with van der Waals surface area (Å²) in [4.78, 5) is 34.6. The summed E-state index contributed by atoms with van der Waals surface area (Å²) >= 11 is 0. The average molecular weight is 433 g/mol. The Bertz CT molecular complexity index is 1160. The molecular weight excluding hydrogens is 400 g/mol. The molecule has 0 bridgehead atoms.